The molecule has 6 fully saturated rings. The first kappa shape index (κ1) is 12.3. The van der Waals surface area contributed by atoms with Gasteiger partial charge in [-0.2, -0.15) is 0 Å². The molecule has 0 aromatic carbocycles. The second-order valence-electron chi connectivity index (χ2n) is 9.08. The SMILES string of the molecule is C=C1CC2CCC(C3CCCC4(C)CC1C34)C1(C)OC21. The Balaban J connectivity index is 1.60. The fourth-order valence-corrected chi connectivity index (χ4v) is 7.22. The maximum absolute atomic E-state index is 6.31. The highest BCUT2D eigenvalue weighted by atomic mass is 16.6. The summed E-state index contributed by atoms with van der Waals surface area (Å²) in [6, 6.07) is 0. The summed E-state index contributed by atoms with van der Waals surface area (Å²) in [5, 5.41) is 0. The van der Waals surface area contributed by atoms with Gasteiger partial charge >= 0.3 is 0 Å². The smallest absolute Gasteiger partial charge is 0.0954 e. The minimum atomic E-state index is 0.247. The zero-order valence-electron chi connectivity index (χ0n) is 13.0. The quantitative estimate of drug-likeness (QED) is 0.465. The van der Waals surface area contributed by atoms with Gasteiger partial charge in [0.25, 0.3) is 0 Å². The Morgan fingerprint density at radius 2 is 2.05 bits per heavy atom. The Kier molecular flexibility index (Phi) is 2.17. The lowest BCUT2D eigenvalue weighted by Gasteiger charge is -2.62. The van der Waals surface area contributed by atoms with Crippen LogP contribution in [0.1, 0.15) is 58.8 Å². The number of rotatable bonds is 0. The van der Waals surface area contributed by atoms with Crippen LogP contribution in [0.15, 0.2) is 12.2 Å². The highest BCUT2D eigenvalue weighted by Gasteiger charge is 2.69. The number of ether oxygens (including phenoxy) is 1. The summed E-state index contributed by atoms with van der Waals surface area (Å²) < 4.78 is 6.31. The average Bonchev–Trinajstić information content (AvgIpc) is 3.05. The fraction of sp³-hybridized carbons (Fsp3) is 0.895. The van der Waals surface area contributed by atoms with Gasteiger partial charge in [0.2, 0.25) is 0 Å². The van der Waals surface area contributed by atoms with Gasteiger partial charge in [-0.25, -0.2) is 0 Å². The van der Waals surface area contributed by atoms with Gasteiger partial charge in [0.05, 0.1) is 11.7 Å². The number of hydrogen-bond donors (Lipinski definition) is 0. The lowest BCUT2D eigenvalue weighted by atomic mass is 9.43. The van der Waals surface area contributed by atoms with Crippen molar-refractivity contribution in [3.63, 3.8) is 0 Å². The third-order valence-corrected chi connectivity index (χ3v) is 8.14. The van der Waals surface area contributed by atoms with Crippen LogP contribution < -0.4 is 0 Å². The Morgan fingerprint density at radius 3 is 2.90 bits per heavy atom. The van der Waals surface area contributed by atoms with Gasteiger partial charge in [-0.15, -0.1) is 0 Å². The summed E-state index contributed by atoms with van der Waals surface area (Å²) >= 11 is 0. The largest absolute Gasteiger partial charge is 0.366 e. The molecule has 6 aliphatic rings. The molecule has 0 aromatic rings. The third-order valence-electron chi connectivity index (χ3n) is 8.14. The lowest BCUT2D eigenvalue weighted by molar-refractivity contribution is -0.111. The standard InChI is InChI=1S/C19H28O/c1-11-9-12-6-7-15(19(3)17(12)20-19)13-5-4-8-18(2)10-14(11)16(13)18/h12-17H,1,4-10H2,2-3H3. The zero-order chi connectivity index (χ0) is 13.7. The van der Waals surface area contributed by atoms with E-state index in [4.69, 9.17) is 4.74 Å². The van der Waals surface area contributed by atoms with Crippen LogP contribution in [0.5, 0.6) is 0 Å². The number of hydrogen-bond acceptors (Lipinski definition) is 1. The molecule has 0 spiro atoms. The second-order valence-corrected chi connectivity index (χ2v) is 9.08. The molecule has 8 atom stereocenters. The van der Waals surface area contributed by atoms with E-state index < -0.39 is 0 Å². The average molecular weight is 272 g/mol. The van der Waals surface area contributed by atoms with Crippen LogP contribution in [-0.2, 0) is 4.74 Å². The molecule has 5 aliphatic carbocycles. The molecular formula is C19H28O. The first-order valence-electron chi connectivity index (χ1n) is 8.88. The molecule has 20 heavy (non-hydrogen) atoms. The van der Waals surface area contributed by atoms with E-state index in [-0.39, 0.29) is 5.60 Å². The summed E-state index contributed by atoms with van der Waals surface area (Å²) in [5.41, 5.74) is 2.47. The van der Waals surface area contributed by atoms with Crippen molar-refractivity contribution >= 4 is 0 Å². The molecule has 1 heteroatoms. The Labute approximate surface area is 123 Å². The molecule has 0 aromatic heterocycles. The third kappa shape index (κ3) is 1.30. The van der Waals surface area contributed by atoms with Gasteiger partial charge in [-0.05, 0) is 80.5 Å². The number of allylic oxidation sites excluding steroid dienone is 1. The van der Waals surface area contributed by atoms with E-state index in [1.54, 1.807) is 5.57 Å². The van der Waals surface area contributed by atoms with Crippen molar-refractivity contribution in [3.05, 3.63) is 12.2 Å². The molecule has 0 radical (unpaired) electrons. The minimum Gasteiger partial charge on any atom is -0.366 e. The summed E-state index contributed by atoms with van der Waals surface area (Å²) in [6.07, 6.45) is 10.5. The van der Waals surface area contributed by atoms with E-state index in [9.17, 15) is 0 Å². The van der Waals surface area contributed by atoms with Crippen molar-refractivity contribution in [2.45, 2.75) is 70.5 Å². The van der Waals surface area contributed by atoms with Crippen molar-refractivity contribution in [3.8, 4) is 0 Å². The molecule has 1 nitrogen and oxygen atoms in total. The zero-order valence-corrected chi connectivity index (χ0v) is 13.0. The highest BCUT2D eigenvalue weighted by Crippen LogP contribution is 2.70. The normalized spacial score (nSPS) is 63.4. The van der Waals surface area contributed by atoms with Crippen molar-refractivity contribution in [1.82, 2.24) is 0 Å². The van der Waals surface area contributed by atoms with E-state index in [0.29, 0.717) is 11.5 Å². The molecule has 8 unspecified atom stereocenters. The summed E-state index contributed by atoms with van der Waals surface area (Å²) in [4.78, 5) is 0. The molecule has 110 valence electrons. The van der Waals surface area contributed by atoms with Gasteiger partial charge in [-0.1, -0.05) is 25.5 Å². The molecule has 0 amide bonds. The van der Waals surface area contributed by atoms with Crippen molar-refractivity contribution in [1.29, 1.82) is 0 Å². The van der Waals surface area contributed by atoms with Gasteiger partial charge < -0.3 is 4.74 Å². The van der Waals surface area contributed by atoms with Crippen LogP contribution in [0, 0.1) is 35.0 Å². The molecule has 2 bridgehead atoms. The van der Waals surface area contributed by atoms with Crippen LogP contribution in [0.3, 0.4) is 0 Å². The van der Waals surface area contributed by atoms with Gasteiger partial charge in [0.1, 0.15) is 0 Å². The topological polar surface area (TPSA) is 12.5 Å². The molecule has 5 saturated carbocycles. The van der Waals surface area contributed by atoms with E-state index in [2.05, 4.69) is 20.4 Å². The molecule has 6 rings (SSSR count). The fourth-order valence-electron chi connectivity index (χ4n) is 7.22. The Morgan fingerprint density at radius 1 is 1.20 bits per heavy atom. The Hall–Kier alpha value is -0.300. The van der Waals surface area contributed by atoms with Crippen LogP contribution in [0.4, 0.5) is 0 Å². The maximum Gasteiger partial charge on any atom is 0.0954 e. The number of fused-ring (bicyclic) bond motifs is 2. The number of epoxide rings is 1. The van der Waals surface area contributed by atoms with E-state index in [0.717, 1.165) is 29.6 Å². The van der Waals surface area contributed by atoms with Gasteiger partial charge in [0.15, 0.2) is 0 Å². The Bertz CT molecular complexity index is 482. The lowest BCUT2D eigenvalue weighted by Crippen LogP contribution is -2.55. The van der Waals surface area contributed by atoms with E-state index in [1.807, 2.05) is 0 Å². The second kappa shape index (κ2) is 3.54. The molecule has 1 heterocycles. The monoisotopic (exact) mass is 272 g/mol. The van der Waals surface area contributed by atoms with Gasteiger partial charge in [-0.3, -0.25) is 0 Å². The first-order chi connectivity index (χ1) is 9.53. The summed E-state index contributed by atoms with van der Waals surface area (Å²) in [6.45, 7) is 9.54. The predicted octanol–water partition coefficient (Wildman–Crippen LogP) is 4.57. The molecular weight excluding hydrogens is 244 g/mol. The summed E-state index contributed by atoms with van der Waals surface area (Å²) in [5.74, 6) is 4.36. The van der Waals surface area contributed by atoms with E-state index in [1.165, 1.54) is 44.9 Å². The van der Waals surface area contributed by atoms with Crippen molar-refractivity contribution in [2.24, 2.45) is 35.0 Å². The maximum atomic E-state index is 6.31. The van der Waals surface area contributed by atoms with Crippen LogP contribution in [-0.4, -0.2) is 11.7 Å². The van der Waals surface area contributed by atoms with Crippen LogP contribution >= 0.6 is 0 Å². The molecule has 1 saturated heterocycles. The predicted molar refractivity (Wildman–Crippen MR) is 80.3 cm³/mol. The molecule has 0 N–H and O–H groups in total. The summed E-state index contributed by atoms with van der Waals surface area (Å²) in [7, 11) is 0. The minimum absolute atomic E-state index is 0.247. The van der Waals surface area contributed by atoms with Crippen molar-refractivity contribution in [2.75, 3.05) is 0 Å². The first-order valence-corrected chi connectivity index (χ1v) is 8.88. The van der Waals surface area contributed by atoms with Crippen LogP contribution in [0.2, 0.25) is 0 Å². The van der Waals surface area contributed by atoms with Crippen LogP contribution in [0.25, 0.3) is 0 Å². The highest BCUT2D eigenvalue weighted by molar-refractivity contribution is 5.24. The molecule has 1 aliphatic heterocycles. The van der Waals surface area contributed by atoms with Crippen molar-refractivity contribution < 1.29 is 4.74 Å². The van der Waals surface area contributed by atoms with Gasteiger partial charge in [0, 0.05) is 0 Å². The van der Waals surface area contributed by atoms with E-state index >= 15 is 0 Å².